The van der Waals surface area contributed by atoms with Crippen LogP contribution in [0.2, 0.25) is 0 Å². The highest BCUT2D eigenvalue weighted by atomic mass is 16.2. The Morgan fingerprint density at radius 2 is 1.82 bits per heavy atom. The molecule has 142 valence electrons. The Morgan fingerprint density at radius 3 is 2.57 bits per heavy atom. The fourth-order valence-electron chi connectivity index (χ4n) is 3.66. The molecule has 1 aliphatic rings. The zero-order valence-electron chi connectivity index (χ0n) is 16.4. The molecule has 3 aromatic rings. The minimum atomic E-state index is -0.0599. The van der Waals surface area contributed by atoms with E-state index in [9.17, 15) is 4.79 Å². The Hall–Kier alpha value is -3.21. The molecule has 1 aliphatic heterocycles. The molecule has 2 heterocycles. The topological polar surface area (TPSA) is 58.1 Å². The number of aromatic nitrogens is 2. The molecule has 1 aromatic heterocycles. The van der Waals surface area contributed by atoms with Gasteiger partial charge in [0.1, 0.15) is 0 Å². The molecule has 5 heteroatoms. The lowest BCUT2D eigenvalue weighted by Gasteiger charge is -2.18. The van der Waals surface area contributed by atoms with E-state index < -0.39 is 0 Å². The highest BCUT2D eigenvalue weighted by Crippen LogP contribution is 2.30. The maximum absolute atomic E-state index is 12.9. The third-order valence-electron chi connectivity index (χ3n) is 5.19. The van der Waals surface area contributed by atoms with Crippen molar-refractivity contribution < 1.29 is 4.79 Å². The van der Waals surface area contributed by atoms with Crippen molar-refractivity contribution in [3.05, 3.63) is 77.1 Å². The number of benzene rings is 2. The van der Waals surface area contributed by atoms with Crippen molar-refractivity contribution in [3.63, 3.8) is 0 Å². The lowest BCUT2D eigenvalue weighted by molar-refractivity contribution is 0.0988. The van der Waals surface area contributed by atoms with Gasteiger partial charge in [-0.05, 0) is 42.0 Å². The molecular weight excluding hydrogens is 348 g/mol. The van der Waals surface area contributed by atoms with E-state index >= 15 is 0 Å². The summed E-state index contributed by atoms with van der Waals surface area (Å²) < 4.78 is 0. The summed E-state index contributed by atoms with van der Waals surface area (Å²) in [5.74, 6) is 0.823. The molecule has 5 nitrogen and oxygen atoms in total. The largest absolute Gasteiger partial charge is 0.324 e. The number of hydrogen-bond acceptors (Lipinski definition) is 4. The molecule has 0 bridgehead atoms. The number of hydrogen-bond donors (Lipinski definition) is 1. The van der Waals surface area contributed by atoms with Crippen molar-refractivity contribution in [1.82, 2.24) is 9.97 Å². The van der Waals surface area contributed by atoms with Gasteiger partial charge in [-0.25, -0.2) is 9.97 Å². The summed E-state index contributed by atoms with van der Waals surface area (Å²) in [4.78, 5) is 23.5. The zero-order valence-corrected chi connectivity index (χ0v) is 16.4. The normalized spacial score (nSPS) is 12.9. The Kier molecular flexibility index (Phi) is 4.82. The number of amides is 1. The SMILES string of the molecule is Cc1cccc(C(C)C)c1Nc1ncc(C(=O)N2CCc3ccccc32)cn1. The van der Waals surface area contributed by atoms with Crippen LogP contribution in [-0.2, 0) is 6.42 Å². The van der Waals surface area contributed by atoms with Crippen molar-refractivity contribution in [2.45, 2.75) is 33.1 Å². The van der Waals surface area contributed by atoms with E-state index in [2.05, 4.69) is 60.3 Å². The number of nitrogens with zero attached hydrogens (tertiary/aromatic N) is 3. The van der Waals surface area contributed by atoms with Crippen LogP contribution in [0.15, 0.2) is 54.9 Å². The standard InChI is InChI=1S/C23H24N4O/c1-15(2)19-9-6-7-16(3)21(19)26-23-24-13-18(14-25-23)22(28)27-12-11-17-8-4-5-10-20(17)27/h4-10,13-15H,11-12H2,1-3H3,(H,24,25,26). The third kappa shape index (κ3) is 3.36. The monoisotopic (exact) mass is 372 g/mol. The first-order valence-corrected chi connectivity index (χ1v) is 9.63. The van der Waals surface area contributed by atoms with E-state index in [4.69, 9.17) is 0 Å². The first kappa shape index (κ1) is 18.2. The Bertz CT molecular complexity index is 1010. The predicted octanol–water partition coefficient (Wildman–Crippen LogP) is 4.85. The first-order chi connectivity index (χ1) is 13.5. The van der Waals surface area contributed by atoms with Crippen LogP contribution in [0.4, 0.5) is 17.3 Å². The molecule has 0 spiro atoms. The molecule has 0 fully saturated rings. The summed E-state index contributed by atoms with van der Waals surface area (Å²) in [5, 5.41) is 3.33. The van der Waals surface area contributed by atoms with Crippen LogP contribution in [0, 0.1) is 6.92 Å². The van der Waals surface area contributed by atoms with Crippen LogP contribution in [0.3, 0.4) is 0 Å². The van der Waals surface area contributed by atoms with Crippen molar-refractivity contribution >= 4 is 23.2 Å². The Morgan fingerprint density at radius 1 is 1.07 bits per heavy atom. The lowest BCUT2D eigenvalue weighted by atomic mass is 9.98. The molecule has 0 unspecified atom stereocenters. The quantitative estimate of drug-likeness (QED) is 0.711. The van der Waals surface area contributed by atoms with Gasteiger partial charge in [0.2, 0.25) is 5.95 Å². The van der Waals surface area contributed by atoms with E-state index in [0.717, 1.165) is 23.4 Å². The maximum Gasteiger partial charge on any atom is 0.261 e. The van der Waals surface area contributed by atoms with Gasteiger partial charge in [0.05, 0.1) is 5.56 Å². The van der Waals surface area contributed by atoms with Gasteiger partial charge in [-0.3, -0.25) is 4.79 Å². The van der Waals surface area contributed by atoms with Crippen LogP contribution in [0.5, 0.6) is 0 Å². The second kappa shape index (κ2) is 7.43. The predicted molar refractivity (Wildman–Crippen MR) is 112 cm³/mol. The van der Waals surface area contributed by atoms with Crippen LogP contribution in [-0.4, -0.2) is 22.4 Å². The third-order valence-corrected chi connectivity index (χ3v) is 5.19. The van der Waals surface area contributed by atoms with E-state index in [0.29, 0.717) is 24.0 Å². The number of aryl methyl sites for hydroxylation is 1. The number of nitrogens with one attached hydrogen (secondary N) is 1. The van der Waals surface area contributed by atoms with Crippen LogP contribution >= 0.6 is 0 Å². The average molecular weight is 372 g/mol. The van der Waals surface area contributed by atoms with E-state index in [1.165, 1.54) is 11.1 Å². The van der Waals surface area contributed by atoms with Crippen molar-refractivity contribution in [3.8, 4) is 0 Å². The van der Waals surface area contributed by atoms with Gasteiger partial charge < -0.3 is 10.2 Å². The van der Waals surface area contributed by atoms with Crippen LogP contribution < -0.4 is 10.2 Å². The van der Waals surface area contributed by atoms with E-state index in [1.807, 2.05) is 18.2 Å². The smallest absolute Gasteiger partial charge is 0.261 e. The summed E-state index contributed by atoms with van der Waals surface area (Å²) in [6.07, 6.45) is 4.09. The second-order valence-corrected chi connectivity index (χ2v) is 7.45. The summed E-state index contributed by atoms with van der Waals surface area (Å²) in [5.41, 5.74) is 6.08. The van der Waals surface area contributed by atoms with Crippen molar-refractivity contribution in [2.24, 2.45) is 0 Å². The van der Waals surface area contributed by atoms with Crippen LogP contribution in [0.1, 0.15) is 46.8 Å². The highest BCUT2D eigenvalue weighted by Gasteiger charge is 2.25. The zero-order chi connectivity index (χ0) is 19.7. The number of carbonyl (C=O) groups is 1. The van der Waals surface area contributed by atoms with Gasteiger partial charge >= 0.3 is 0 Å². The summed E-state index contributed by atoms with van der Waals surface area (Å²) >= 11 is 0. The first-order valence-electron chi connectivity index (χ1n) is 9.63. The van der Waals surface area contributed by atoms with E-state index in [1.54, 1.807) is 17.3 Å². The minimum Gasteiger partial charge on any atom is -0.324 e. The molecule has 0 atom stereocenters. The van der Waals surface area contributed by atoms with Gasteiger partial charge in [-0.2, -0.15) is 0 Å². The fourth-order valence-corrected chi connectivity index (χ4v) is 3.66. The average Bonchev–Trinajstić information content (AvgIpc) is 3.13. The summed E-state index contributed by atoms with van der Waals surface area (Å²) in [6.45, 7) is 7.09. The van der Waals surface area contributed by atoms with Crippen molar-refractivity contribution in [1.29, 1.82) is 0 Å². The van der Waals surface area contributed by atoms with E-state index in [-0.39, 0.29) is 5.91 Å². The molecule has 28 heavy (non-hydrogen) atoms. The minimum absolute atomic E-state index is 0.0599. The molecule has 4 rings (SSSR count). The number of anilines is 3. The second-order valence-electron chi connectivity index (χ2n) is 7.45. The number of fused-ring (bicyclic) bond motifs is 1. The summed E-state index contributed by atoms with van der Waals surface area (Å²) in [7, 11) is 0. The van der Waals surface area contributed by atoms with Gasteiger partial charge in [-0.15, -0.1) is 0 Å². The molecule has 2 aromatic carbocycles. The molecule has 0 saturated heterocycles. The van der Waals surface area contributed by atoms with Gasteiger partial charge in [-0.1, -0.05) is 50.2 Å². The molecular formula is C23H24N4O. The number of para-hydroxylation sites is 2. The van der Waals surface area contributed by atoms with Crippen molar-refractivity contribution in [2.75, 3.05) is 16.8 Å². The molecule has 0 saturated carbocycles. The summed E-state index contributed by atoms with van der Waals surface area (Å²) in [6, 6.07) is 14.3. The van der Waals surface area contributed by atoms with Gasteiger partial charge in [0.15, 0.2) is 0 Å². The molecule has 0 aliphatic carbocycles. The van der Waals surface area contributed by atoms with Gasteiger partial charge in [0.25, 0.3) is 5.91 Å². The number of rotatable bonds is 4. The molecule has 1 N–H and O–H groups in total. The Labute approximate surface area is 165 Å². The number of carbonyl (C=O) groups excluding carboxylic acids is 1. The van der Waals surface area contributed by atoms with Gasteiger partial charge in [0, 0.05) is 30.3 Å². The maximum atomic E-state index is 12.9. The fraction of sp³-hybridized carbons (Fsp3) is 0.261. The highest BCUT2D eigenvalue weighted by molar-refractivity contribution is 6.07. The molecule has 1 amide bonds. The van der Waals surface area contributed by atoms with Crippen LogP contribution in [0.25, 0.3) is 0 Å². The molecule has 0 radical (unpaired) electrons. The lowest BCUT2D eigenvalue weighted by Crippen LogP contribution is -2.29. The Balaban J connectivity index is 1.55.